The molecule has 2 heteroatoms. The van der Waals surface area contributed by atoms with Crippen LogP contribution in [-0.4, -0.2) is 18.5 Å². The van der Waals surface area contributed by atoms with Gasteiger partial charge in [0.25, 0.3) is 0 Å². The molecule has 2 atom stereocenters. The summed E-state index contributed by atoms with van der Waals surface area (Å²) in [6.07, 6.45) is 2.79. The van der Waals surface area contributed by atoms with E-state index >= 15 is 0 Å². The van der Waals surface area contributed by atoms with Gasteiger partial charge in [-0.15, -0.1) is 0 Å². The van der Waals surface area contributed by atoms with Crippen molar-refractivity contribution in [2.45, 2.75) is 52.1 Å². The van der Waals surface area contributed by atoms with Gasteiger partial charge >= 0.3 is 0 Å². The first-order valence-corrected chi connectivity index (χ1v) is 4.08. The van der Waals surface area contributed by atoms with E-state index < -0.39 is 0 Å². The molecule has 0 bridgehead atoms. The molecule has 1 fully saturated rings. The number of hydrogen-bond donors (Lipinski definition) is 0. The van der Waals surface area contributed by atoms with Crippen LogP contribution in [-0.2, 0) is 9.47 Å². The minimum atomic E-state index is 0.00917. The summed E-state index contributed by atoms with van der Waals surface area (Å²) in [5.41, 5.74) is 0. The summed E-state index contributed by atoms with van der Waals surface area (Å²) < 4.78 is 11.0. The number of rotatable bonds is 2. The molecule has 0 N–H and O–H groups in total. The molecule has 0 aromatic heterocycles. The van der Waals surface area contributed by atoms with E-state index in [1.807, 2.05) is 6.92 Å². The molecule has 0 aromatic rings. The minimum absolute atomic E-state index is 0.00917. The van der Waals surface area contributed by atoms with Crippen LogP contribution in [0.15, 0.2) is 0 Å². The second kappa shape index (κ2) is 3.35. The Balaban J connectivity index is 2.41. The first kappa shape index (κ1) is 8.02. The van der Waals surface area contributed by atoms with Crippen LogP contribution in [0.3, 0.4) is 0 Å². The molecule has 2 nitrogen and oxygen atoms in total. The summed E-state index contributed by atoms with van der Waals surface area (Å²) in [5.74, 6) is 0. The molecule has 0 radical (unpaired) electrons. The van der Waals surface area contributed by atoms with E-state index in [2.05, 4.69) is 13.8 Å². The Morgan fingerprint density at radius 2 is 1.40 bits per heavy atom. The van der Waals surface area contributed by atoms with Crippen molar-refractivity contribution in [3.8, 4) is 0 Å². The van der Waals surface area contributed by atoms with Crippen molar-refractivity contribution in [1.29, 1.82) is 0 Å². The van der Waals surface area contributed by atoms with Gasteiger partial charge in [0.15, 0.2) is 6.29 Å². The van der Waals surface area contributed by atoms with Crippen LogP contribution in [0.1, 0.15) is 33.6 Å². The summed E-state index contributed by atoms with van der Waals surface area (Å²) in [7, 11) is 0. The Kier molecular flexibility index (Phi) is 2.69. The van der Waals surface area contributed by atoms with Gasteiger partial charge in [0.05, 0.1) is 12.2 Å². The monoisotopic (exact) mass is 144 g/mol. The van der Waals surface area contributed by atoms with Gasteiger partial charge in [-0.1, -0.05) is 13.8 Å². The largest absolute Gasteiger partial charge is 0.347 e. The molecule has 0 amide bonds. The zero-order valence-electron chi connectivity index (χ0n) is 6.96. The van der Waals surface area contributed by atoms with Crippen LogP contribution in [0, 0.1) is 0 Å². The van der Waals surface area contributed by atoms with Crippen molar-refractivity contribution >= 4 is 0 Å². The second-order valence-corrected chi connectivity index (χ2v) is 2.73. The standard InChI is InChI=1S/C8H16O2/c1-4-7-8(5-2)10-6(3)9-7/h6-8H,4-5H2,1-3H3. The molecule has 0 aromatic carbocycles. The van der Waals surface area contributed by atoms with Crippen molar-refractivity contribution in [3.05, 3.63) is 0 Å². The molecule has 0 aliphatic carbocycles. The van der Waals surface area contributed by atoms with Crippen LogP contribution in [0.2, 0.25) is 0 Å². The van der Waals surface area contributed by atoms with E-state index in [9.17, 15) is 0 Å². The van der Waals surface area contributed by atoms with Gasteiger partial charge in [-0.2, -0.15) is 0 Å². The molecular weight excluding hydrogens is 128 g/mol. The fourth-order valence-electron chi connectivity index (χ4n) is 1.42. The molecule has 1 rings (SSSR count). The average molecular weight is 144 g/mol. The maximum Gasteiger partial charge on any atom is 0.155 e. The highest BCUT2D eigenvalue weighted by Gasteiger charge is 2.30. The third-order valence-corrected chi connectivity index (χ3v) is 1.95. The topological polar surface area (TPSA) is 18.5 Å². The fourth-order valence-corrected chi connectivity index (χ4v) is 1.42. The predicted molar refractivity (Wildman–Crippen MR) is 39.8 cm³/mol. The molecule has 60 valence electrons. The van der Waals surface area contributed by atoms with Crippen LogP contribution < -0.4 is 0 Å². The van der Waals surface area contributed by atoms with Gasteiger partial charge in [0.2, 0.25) is 0 Å². The fraction of sp³-hybridized carbons (Fsp3) is 1.00. The van der Waals surface area contributed by atoms with Crippen molar-refractivity contribution in [2.24, 2.45) is 0 Å². The summed E-state index contributed by atoms with van der Waals surface area (Å²) in [6, 6.07) is 0. The lowest BCUT2D eigenvalue weighted by Gasteiger charge is -2.11. The zero-order chi connectivity index (χ0) is 7.56. The van der Waals surface area contributed by atoms with Crippen LogP contribution >= 0.6 is 0 Å². The predicted octanol–water partition coefficient (Wildman–Crippen LogP) is 1.94. The lowest BCUT2D eigenvalue weighted by atomic mass is 10.1. The van der Waals surface area contributed by atoms with E-state index in [0.717, 1.165) is 12.8 Å². The lowest BCUT2D eigenvalue weighted by molar-refractivity contribution is -0.0512. The zero-order valence-corrected chi connectivity index (χ0v) is 6.96. The SMILES string of the molecule is CCC1OC(C)OC1CC. The third-order valence-electron chi connectivity index (χ3n) is 1.95. The Bertz CT molecular complexity index is 91.4. The highest BCUT2D eigenvalue weighted by atomic mass is 16.7. The summed E-state index contributed by atoms with van der Waals surface area (Å²) in [6.45, 7) is 6.22. The smallest absolute Gasteiger partial charge is 0.155 e. The first-order valence-electron chi connectivity index (χ1n) is 4.08. The minimum Gasteiger partial charge on any atom is -0.347 e. The number of ether oxygens (including phenoxy) is 2. The lowest BCUT2D eigenvalue weighted by Crippen LogP contribution is -2.20. The maximum atomic E-state index is 5.49. The van der Waals surface area contributed by atoms with Gasteiger partial charge < -0.3 is 9.47 Å². The second-order valence-electron chi connectivity index (χ2n) is 2.73. The van der Waals surface area contributed by atoms with Gasteiger partial charge in [-0.05, 0) is 19.8 Å². The van der Waals surface area contributed by atoms with Crippen LogP contribution in [0.5, 0.6) is 0 Å². The molecule has 0 saturated carbocycles. The Hall–Kier alpha value is -0.0800. The molecule has 1 heterocycles. The van der Waals surface area contributed by atoms with Crippen molar-refractivity contribution in [2.75, 3.05) is 0 Å². The molecular formula is C8H16O2. The van der Waals surface area contributed by atoms with E-state index in [-0.39, 0.29) is 6.29 Å². The van der Waals surface area contributed by atoms with Crippen LogP contribution in [0.25, 0.3) is 0 Å². The van der Waals surface area contributed by atoms with Crippen molar-refractivity contribution < 1.29 is 9.47 Å². The van der Waals surface area contributed by atoms with E-state index in [4.69, 9.17) is 9.47 Å². The third kappa shape index (κ3) is 1.50. The summed E-state index contributed by atoms with van der Waals surface area (Å²) >= 11 is 0. The van der Waals surface area contributed by atoms with Crippen molar-refractivity contribution in [1.82, 2.24) is 0 Å². The molecule has 1 saturated heterocycles. The van der Waals surface area contributed by atoms with E-state index in [1.54, 1.807) is 0 Å². The Morgan fingerprint density at radius 1 is 1.00 bits per heavy atom. The normalized spacial score (nSPS) is 40.5. The summed E-state index contributed by atoms with van der Waals surface area (Å²) in [4.78, 5) is 0. The summed E-state index contributed by atoms with van der Waals surface area (Å²) in [5, 5.41) is 0. The molecule has 1 aliphatic heterocycles. The van der Waals surface area contributed by atoms with Gasteiger partial charge in [-0.3, -0.25) is 0 Å². The quantitative estimate of drug-likeness (QED) is 0.589. The van der Waals surface area contributed by atoms with Crippen molar-refractivity contribution in [3.63, 3.8) is 0 Å². The van der Waals surface area contributed by atoms with E-state index in [0.29, 0.717) is 12.2 Å². The molecule has 10 heavy (non-hydrogen) atoms. The highest BCUT2D eigenvalue weighted by Crippen LogP contribution is 2.22. The van der Waals surface area contributed by atoms with Gasteiger partial charge in [0, 0.05) is 0 Å². The van der Waals surface area contributed by atoms with Gasteiger partial charge in [0.1, 0.15) is 0 Å². The maximum absolute atomic E-state index is 5.49. The first-order chi connectivity index (χ1) is 4.77. The molecule has 1 aliphatic rings. The molecule has 2 unspecified atom stereocenters. The number of hydrogen-bond acceptors (Lipinski definition) is 2. The van der Waals surface area contributed by atoms with Gasteiger partial charge in [-0.25, -0.2) is 0 Å². The Morgan fingerprint density at radius 3 is 1.70 bits per heavy atom. The average Bonchev–Trinajstić information content (AvgIpc) is 2.30. The highest BCUT2D eigenvalue weighted by molar-refractivity contribution is 4.73. The van der Waals surface area contributed by atoms with E-state index in [1.165, 1.54) is 0 Å². The van der Waals surface area contributed by atoms with Crippen LogP contribution in [0.4, 0.5) is 0 Å². The molecule has 0 spiro atoms. The Labute approximate surface area is 62.5 Å².